The summed E-state index contributed by atoms with van der Waals surface area (Å²) >= 11 is 0. The number of hydrogen-bond acceptors (Lipinski definition) is 4. The van der Waals surface area contributed by atoms with Gasteiger partial charge >= 0.3 is 0 Å². The minimum Gasteiger partial charge on any atom is -0.381 e. The molecule has 2 rings (SSSR count). The normalized spacial score (nSPS) is 18.3. The molecule has 0 amide bonds. The van der Waals surface area contributed by atoms with Crippen molar-refractivity contribution in [2.75, 3.05) is 25.1 Å². The van der Waals surface area contributed by atoms with Crippen LogP contribution in [0.25, 0.3) is 0 Å². The van der Waals surface area contributed by atoms with Crippen LogP contribution in [-0.4, -0.2) is 29.5 Å². The second-order valence-electron chi connectivity index (χ2n) is 5.32. The van der Waals surface area contributed by atoms with E-state index < -0.39 is 0 Å². The van der Waals surface area contributed by atoms with Gasteiger partial charge in [0.2, 0.25) is 0 Å². The zero-order valence-electron chi connectivity index (χ0n) is 11.3. The molecular weight excluding hydrogens is 228 g/mol. The summed E-state index contributed by atoms with van der Waals surface area (Å²) in [5.41, 5.74) is 1.66. The average molecular weight is 248 g/mol. The molecule has 1 N–H and O–H groups in total. The predicted molar refractivity (Wildman–Crippen MR) is 69.3 cm³/mol. The molecule has 0 atom stereocenters. The molecule has 5 heteroatoms. The summed E-state index contributed by atoms with van der Waals surface area (Å²) in [6.45, 7) is 6.63. The van der Waals surface area contributed by atoms with Gasteiger partial charge in [-0.25, -0.2) is 0 Å². The number of aromatic nitrogens is 2. The van der Waals surface area contributed by atoms with Crippen molar-refractivity contribution in [1.82, 2.24) is 9.78 Å². The standard InChI is InChI=1S/C13H20N4O/c1-10-11(8-14)12(17(3)16-10)15-9-13(2)4-6-18-7-5-13/h15H,4-7,9H2,1-3H3. The number of aryl methyl sites for hydroxylation is 2. The molecule has 0 aromatic carbocycles. The lowest BCUT2D eigenvalue weighted by molar-refractivity contribution is 0.0299. The van der Waals surface area contributed by atoms with Gasteiger partial charge < -0.3 is 10.1 Å². The Kier molecular flexibility index (Phi) is 3.58. The summed E-state index contributed by atoms with van der Waals surface area (Å²) in [4.78, 5) is 0. The number of nitrogens with one attached hydrogen (secondary N) is 1. The highest BCUT2D eigenvalue weighted by Gasteiger charge is 2.28. The molecule has 98 valence electrons. The van der Waals surface area contributed by atoms with Gasteiger partial charge in [-0.2, -0.15) is 10.4 Å². The van der Waals surface area contributed by atoms with E-state index in [1.165, 1.54) is 0 Å². The van der Waals surface area contributed by atoms with Crippen molar-refractivity contribution in [3.05, 3.63) is 11.3 Å². The number of nitrogens with zero attached hydrogens (tertiary/aromatic N) is 3. The monoisotopic (exact) mass is 248 g/mol. The largest absolute Gasteiger partial charge is 0.381 e. The smallest absolute Gasteiger partial charge is 0.142 e. The van der Waals surface area contributed by atoms with Gasteiger partial charge in [-0.15, -0.1) is 0 Å². The number of ether oxygens (including phenoxy) is 1. The lowest BCUT2D eigenvalue weighted by Crippen LogP contribution is -2.33. The number of anilines is 1. The Hall–Kier alpha value is -1.54. The van der Waals surface area contributed by atoms with Crippen LogP contribution in [0, 0.1) is 23.7 Å². The highest BCUT2D eigenvalue weighted by molar-refractivity contribution is 5.55. The third kappa shape index (κ3) is 2.49. The van der Waals surface area contributed by atoms with E-state index in [4.69, 9.17) is 10.00 Å². The van der Waals surface area contributed by atoms with Crippen molar-refractivity contribution in [1.29, 1.82) is 5.26 Å². The van der Waals surface area contributed by atoms with Crippen LogP contribution < -0.4 is 5.32 Å². The van der Waals surface area contributed by atoms with Crippen LogP contribution in [0.4, 0.5) is 5.82 Å². The van der Waals surface area contributed by atoms with Gasteiger partial charge in [0.1, 0.15) is 17.5 Å². The quantitative estimate of drug-likeness (QED) is 0.886. The Balaban J connectivity index is 2.08. The lowest BCUT2D eigenvalue weighted by atomic mass is 9.82. The predicted octanol–water partition coefficient (Wildman–Crippen LogP) is 1.83. The molecule has 1 aromatic rings. The average Bonchev–Trinajstić information content (AvgIpc) is 2.61. The fourth-order valence-electron chi connectivity index (χ4n) is 2.33. The van der Waals surface area contributed by atoms with E-state index in [-0.39, 0.29) is 5.41 Å². The Labute approximate surface area is 108 Å². The first-order chi connectivity index (χ1) is 8.56. The summed E-state index contributed by atoms with van der Waals surface area (Å²) in [5.74, 6) is 0.822. The molecule has 2 heterocycles. The molecule has 0 spiro atoms. The molecule has 0 saturated carbocycles. The summed E-state index contributed by atoms with van der Waals surface area (Å²) in [6, 6.07) is 2.21. The fourth-order valence-corrected chi connectivity index (χ4v) is 2.33. The second kappa shape index (κ2) is 4.99. The van der Waals surface area contributed by atoms with Crippen LogP contribution in [0.15, 0.2) is 0 Å². The van der Waals surface area contributed by atoms with Crippen molar-refractivity contribution in [2.24, 2.45) is 12.5 Å². The van der Waals surface area contributed by atoms with Gasteiger partial charge in [0, 0.05) is 26.8 Å². The molecule has 1 aliphatic rings. The molecule has 0 aliphatic carbocycles. The third-order valence-electron chi connectivity index (χ3n) is 3.72. The lowest BCUT2D eigenvalue weighted by Gasteiger charge is -2.33. The van der Waals surface area contributed by atoms with E-state index in [0.29, 0.717) is 5.56 Å². The zero-order chi connectivity index (χ0) is 13.2. The molecule has 5 nitrogen and oxygen atoms in total. The molecule has 1 aliphatic heterocycles. The highest BCUT2D eigenvalue weighted by atomic mass is 16.5. The second-order valence-corrected chi connectivity index (χ2v) is 5.32. The van der Waals surface area contributed by atoms with Crippen molar-refractivity contribution in [2.45, 2.75) is 26.7 Å². The van der Waals surface area contributed by atoms with E-state index in [0.717, 1.165) is 44.1 Å². The maximum absolute atomic E-state index is 9.15. The first kappa shape index (κ1) is 12.9. The number of hydrogen-bond donors (Lipinski definition) is 1. The SMILES string of the molecule is Cc1nn(C)c(NCC2(C)CCOCC2)c1C#N. The van der Waals surface area contributed by atoms with Crippen molar-refractivity contribution < 1.29 is 4.74 Å². The maximum Gasteiger partial charge on any atom is 0.142 e. The van der Waals surface area contributed by atoms with Crippen LogP contribution >= 0.6 is 0 Å². The van der Waals surface area contributed by atoms with E-state index in [1.54, 1.807) is 4.68 Å². The zero-order valence-corrected chi connectivity index (χ0v) is 11.3. The molecule has 1 aromatic heterocycles. The summed E-state index contributed by atoms with van der Waals surface area (Å²) in [5, 5.41) is 16.8. The first-order valence-electron chi connectivity index (χ1n) is 6.31. The molecular formula is C13H20N4O. The molecule has 1 saturated heterocycles. The summed E-state index contributed by atoms with van der Waals surface area (Å²) in [7, 11) is 1.86. The number of rotatable bonds is 3. The molecule has 18 heavy (non-hydrogen) atoms. The van der Waals surface area contributed by atoms with Gasteiger partial charge in [-0.05, 0) is 25.2 Å². The van der Waals surface area contributed by atoms with E-state index in [1.807, 2.05) is 14.0 Å². The van der Waals surface area contributed by atoms with Crippen LogP contribution in [-0.2, 0) is 11.8 Å². The van der Waals surface area contributed by atoms with Crippen molar-refractivity contribution in [3.8, 4) is 6.07 Å². The fraction of sp³-hybridized carbons (Fsp3) is 0.692. The Morgan fingerprint density at radius 3 is 2.78 bits per heavy atom. The molecule has 1 fully saturated rings. The van der Waals surface area contributed by atoms with Gasteiger partial charge in [0.15, 0.2) is 0 Å². The van der Waals surface area contributed by atoms with Gasteiger partial charge in [0.05, 0.1) is 5.69 Å². The third-order valence-corrected chi connectivity index (χ3v) is 3.72. The van der Waals surface area contributed by atoms with Crippen LogP contribution in [0.3, 0.4) is 0 Å². The van der Waals surface area contributed by atoms with E-state index in [2.05, 4.69) is 23.4 Å². The van der Waals surface area contributed by atoms with Gasteiger partial charge in [-0.3, -0.25) is 4.68 Å². The topological polar surface area (TPSA) is 62.9 Å². The van der Waals surface area contributed by atoms with Gasteiger partial charge in [0.25, 0.3) is 0 Å². The minimum absolute atomic E-state index is 0.239. The molecule has 0 radical (unpaired) electrons. The van der Waals surface area contributed by atoms with E-state index in [9.17, 15) is 0 Å². The Bertz CT molecular complexity index is 466. The van der Waals surface area contributed by atoms with Crippen molar-refractivity contribution >= 4 is 5.82 Å². The molecule has 0 unspecified atom stereocenters. The van der Waals surface area contributed by atoms with Crippen LogP contribution in [0.1, 0.15) is 31.0 Å². The minimum atomic E-state index is 0.239. The first-order valence-corrected chi connectivity index (χ1v) is 6.31. The van der Waals surface area contributed by atoms with E-state index >= 15 is 0 Å². The Morgan fingerprint density at radius 2 is 2.17 bits per heavy atom. The summed E-state index contributed by atoms with van der Waals surface area (Å²) in [6.07, 6.45) is 2.11. The Morgan fingerprint density at radius 1 is 1.50 bits per heavy atom. The van der Waals surface area contributed by atoms with Crippen LogP contribution in [0.2, 0.25) is 0 Å². The number of nitriles is 1. The summed E-state index contributed by atoms with van der Waals surface area (Å²) < 4.78 is 7.14. The van der Waals surface area contributed by atoms with Crippen LogP contribution in [0.5, 0.6) is 0 Å². The molecule has 0 bridgehead atoms. The van der Waals surface area contributed by atoms with Crippen molar-refractivity contribution in [3.63, 3.8) is 0 Å². The maximum atomic E-state index is 9.15. The highest BCUT2D eigenvalue weighted by Crippen LogP contribution is 2.30. The van der Waals surface area contributed by atoms with Gasteiger partial charge in [-0.1, -0.05) is 6.92 Å².